The third-order valence-corrected chi connectivity index (χ3v) is 2.50. The zero-order chi connectivity index (χ0) is 12.7. The van der Waals surface area contributed by atoms with Crippen molar-refractivity contribution in [2.24, 2.45) is 0 Å². The lowest BCUT2D eigenvalue weighted by Crippen LogP contribution is -2.25. The highest BCUT2D eigenvalue weighted by atomic mass is 16.1. The van der Waals surface area contributed by atoms with Crippen LogP contribution in [0.2, 0.25) is 0 Å². The predicted octanol–water partition coefficient (Wildman–Crippen LogP) is 2.18. The van der Waals surface area contributed by atoms with Crippen LogP contribution < -0.4 is 5.32 Å². The van der Waals surface area contributed by atoms with Crippen LogP contribution in [0.3, 0.4) is 0 Å². The van der Waals surface area contributed by atoms with E-state index >= 15 is 0 Å². The Labute approximate surface area is 102 Å². The Morgan fingerprint density at radius 3 is 2.82 bits per heavy atom. The smallest absolute Gasteiger partial charge is 0.269 e. The standard InChI is InChI=1S/C13H17N3O/c1-3-4-5-8-15-13(17)12-7-6-11(9-14)10(2)16-12/h6-7H,3-5,8H2,1-2H3,(H,15,17). The van der Waals surface area contributed by atoms with Crippen molar-refractivity contribution in [3.63, 3.8) is 0 Å². The van der Waals surface area contributed by atoms with Gasteiger partial charge < -0.3 is 5.32 Å². The van der Waals surface area contributed by atoms with E-state index in [-0.39, 0.29) is 5.91 Å². The molecule has 1 N–H and O–H groups in total. The number of nitrogens with zero attached hydrogens (tertiary/aromatic N) is 2. The summed E-state index contributed by atoms with van der Waals surface area (Å²) in [6.07, 6.45) is 3.22. The van der Waals surface area contributed by atoms with Gasteiger partial charge in [0.25, 0.3) is 5.91 Å². The monoisotopic (exact) mass is 231 g/mol. The molecular formula is C13H17N3O. The van der Waals surface area contributed by atoms with Crippen LogP contribution in [0.1, 0.15) is 47.9 Å². The molecule has 1 aromatic rings. The van der Waals surface area contributed by atoms with Gasteiger partial charge in [0.2, 0.25) is 0 Å². The molecule has 0 aliphatic rings. The highest BCUT2D eigenvalue weighted by molar-refractivity contribution is 5.92. The maximum atomic E-state index is 11.7. The third kappa shape index (κ3) is 3.87. The number of rotatable bonds is 5. The minimum Gasteiger partial charge on any atom is -0.351 e. The van der Waals surface area contributed by atoms with E-state index in [1.807, 2.05) is 6.07 Å². The average Bonchev–Trinajstić information content (AvgIpc) is 2.34. The van der Waals surface area contributed by atoms with E-state index in [4.69, 9.17) is 5.26 Å². The summed E-state index contributed by atoms with van der Waals surface area (Å²) >= 11 is 0. The molecule has 0 fully saturated rings. The average molecular weight is 231 g/mol. The molecule has 0 saturated carbocycles. The summed E-state index contributed by atoms with van der Waals surface area (Å²) in [7, 11) is 0. The van der Waals surface area contributed by atoms with Crippen molar-refractivity contribution in [2.45, 2.75) is 33.1 Å². The van der Waals surface area contributed by atoms with Gasteiger partial charge in [0.15, 0.2) is 0 Å². The van der Waals surface area contributed by atoms with Crippen LogP contribution in [0.25, 0.3) is 0 Å². The molecule has 0 aromatic carbocycles. The molecule has 0 atom stereocenters. The van der Waals surface area contributed by atoms with Crippen molar-refractivity contribution in [1.82, 2.24) is 10.3 Å². The molecule has 0 aliphatic carbocycles. The molecule has 1 heterocycles. The predicted molar refractivity (Wildman–Crippen MR) is 65.5 cm³/mol. The van der Waals surface area contributed by atoms with Gasteiger partial charge in [0.1, 0.15) is 11.8 Å². The molecular weight excluding hydrogens is 214 g/mol. The SMILES string of the molecule is CCCCCNC(=O)c1ccc(C#N)c(C)n1. The first-order chi connectivity index (χ1) is 8.19. The van der Waals surface area contributed by atoms with Crippen molar-refractivity contribution < 1.29 is 4.79 Å². The minimum absolute atomic E-state index is 0.173. The summed E-state index contributed by atoms with van der Waals surface area (Å²) in [6, 6.07) is 5.24. The second-order valence-electron chi connectivity index (χ2n) is 3.90. The Kier molecular flexibility index (Phi) is 5.15. The molecule has 0 aliphatic heterocycles. The zero-order valence-corrected chi connectivity index (χ0v) is 10.3. The number of hydrogen-bond donors (Lipinski definition) is 1. The minimum atomic E-state index is -0.173. The highest BCUT2D eigenvalue weighted by Crippen LogP contribution is 2.05. The van der Waals surface area contributed by atoms with E-state index in [9.17, 15) is 4.79 Å². The van der Waals surface area contributed by atoms with Gasteiger partial charge >= 0.3 is 0 Å². The van der Waals surface area contributed by atoms with Gasteiger partial charge in [-0.3, -0.25) is 4.79 Å². The molecule has 0 saturated heterocycles. The second-order valence-corrected chi connectivity index (χ2v) is 3.90. The van der Waals surface area contributed by atoms with Crippen LogP contribution in [0.15, 0.2) is 12.1 Å². The Bertz CT molecular complexity index is 435. The van der Waals surface area contributed by atoms with E-state index in [1.165, 1.54) is 0 Å². The van der Waals surface area contributed by atoms with Gasteiger partial charge in [-0.05, 0) is 25.5 Å². The number of nitriles is 1. The fourth-order valence-electron chi connectivity index (χ4n) is 1.47. The first-order valence-corrected chi connectivity index (χ1v) is 5.85. The van der Waals surface area contributed by atoms with Crippen LogP contribution in [0, 0.1) is 18.3 Å². The van der Waals surface area contributed by atoms with E-state index in [1.54, 1.807) is 19.1 Å². The number of hydrogen-bond acceptors (Lipinski definition) is 3. The quantitative estimate of drug-likeness (QED) is 0.790. The number of unbranched alkanes of at least 4 members (excludes halogenated alkanes) is 2. The van der Waals surface area contributed by atoms with Gasteiger partial charge in [-0.1, -0.05) is 19.8 Å². The van der Waals surface area contributed by atoms with Crippen molar-refractivity contribution in [2.75, 3.05) is 6.54 Å². The molecule has 90 valence electrons. The number of aryl methyl sites for hydroxylation is 1. The van der Waals surface area contributed by atoms with Gasteiger partial charge in [-0.2, -0.15) is 5.26 Å². The summed E-state index contributed by atoms with van der Waals surface area (Å²) in [5.74, 6) is -0.173. The summed E-state index contributed by atoms with van der Waals surface area (Å²) < 4.78 is 0. The number of nitrogens with one attached hydrogen (secondary N) is 1. The molecule has 0 bridgehead atoms. The van der Waals surface area contributed by atoms with Crippen LogP contribution in [0.5, 0.6) is 0 Å². The number of amides is 1. The topological polar surface area (TPSA) is 65.8 Å². The number of carbonyl (C=O) groups excluding carboxylic acids is 1. The maximum Gasteiger partial charge on any atom is 0.269 e. The molecule has 1 rings (SSSR count). The van der Waals surface area contributed by atoms with Crippen LogP contribution in [-0.2, 0) is 0 Å². The summed E-state index contributed by atoms with van der Waals surface area (Å²) in [6.45, 7) is 4.52. The van der Waals surface area contributed by atoms with E-state index in [0.29, 0.717) is 23.5 Å². The zero-order valence-electron chi connectivity index (χ0n) is 10.3. The lowest BCUT2D eigenvalue weighted by atomic mass is 10.2. The van der Waals surface area contributed by atoms with Crippen molar-refractivity contribution in [3.05, 3.63) is 29.1 Å². The fourth-order valence-corrected chi connectivity index (χ4v) is 1.47. The molecule has 1 aromatic heterocycles. The maximum absolute atomic E-state index is 11.7. The van der Waals surface area contributed by atoms with Crippen molar-refractivity contribution in [1.29, 1.82) is 5.26 Å². The van der Waals surface area contributed by atoms with Crippen LogP contribution >= 0.6 is 0 Å². The second kappa shape index (κ2) is 6.64. The largest absolute Gasteiger partial charge is 0.351 e. The lowest BCUT2D eigenvalue weighted by Gasteiger charge is -2.05. The Morgan fingerprint density at radius 2 is 2.24 bits per heavy atom. The lowest BCUT2D eigenvalue weighted by molar-refractivity contribution is 0.0948. The van der Waals surface area contributed by atoms with E-state index in [2.05, 4.69) is 17.2 Å². The normalized spacial score (nSPS) is 9.71. The highest BCUT2D eigenvalue weighted by Gasteiger charge is 2.08. The first kappa shape index (κ1) is 13.2. The van der Waals surface area contributed by atoms with Gasteiger partial charge in [-0.15, -0.1) is 0 Å². The van der Waals surface area contributed by atoms with Crippen LogP contribution in [0.4, 0.5) is 0 Å². The van der Waals surface area contributed by atoms with E-state index in [0.717, 1.165) is 19.3 Å². The molecule has 4 heteroatoms. The summed E-state index contributed by atoms with van der Waals surface area (Å²) in [5.41, 5.74) is 1.47. The first-order valence-electron chi connectivity index (χ1n) is 5.85. The fraction of sp³-hybridized carbons (Fsp3) is 0.462. The molecule has 0 unspecified atom stereocenters. The van der Waals surface area contributed by atoms with Crippen molar-refractivity contribution in [3.8, 4) is 6.07 Å². The number of pyridine rings is 1. The molecule has 0 radical (unpaired) electrons. The van der Waals surface area contributed by atoms with Gasteiger partial charge in [0.05, 0.1) is 11.3 Å². The summed E-state index contributed by atoms with van der Waals surface area (Å²) in [5, 5.41) is 11.6. The molecule has 4 nitrogen and oxygen atoms in total. The Balaban J connectivity index is 2.58. The number of aromatic nitrogens is 1. The third-order valence-electron chi connectivity index (χ3n) is 2.50. The molecule has 1 amide bonds. The van der Waals surface area contributed by atoms with E-state index < -0.39 is 0 Å². The number of carbonyl (C=O) groups is 1. The van der Waals surface area contributed by atoms with Gasteiger partial charge in [0, 0.05) is 6.54 Å². The Morgan fingerprint density at radius 1 is 1.47 bits per heavy atom. The van der Waals surface area contributed by atoms with Gasteiger partial charge in [-0.25, -0.2) is 4.98 Å². The van der Waals surface area contributed by atoms with Crippen molar-refractivity contribution >= 4 is 5.91 Å². The molecule has 17 heavy (non-hydrogen) atoms. The summed E-state index contributed by atoms with van der Waals surface area (Å²) in [4.78, 5) is 15.8. The van der Waals surface area contributed by atoms with Crippen LogP contribution in [-0.4, -0.2) is 17.4 Å². The molecule has 0 spiro atoms. The Hall–Kier alpha value is -1.89.